The summed E-state index contributed by atoms with van der Waals surface area (Å²) in [6.07, 6.45) is 0. The summed E-state index contributed by atoms with van der Waals surface area (Å²) >= 11 is 0. The van der Waals surface area contributed by atoms with Gasteiger partial charge in [-0.25, -0.2) is 4.39 Å². The van der Waals surface area contributed by atoms with Gasteiger partial charge in [-0.3, -0.25) is 0 Å². The van der Waals surface area contributed by atoms with Crippen molar-refractivity contribution in [3.63, 3.8) is 0 Å². The van der Waals surface area contributed by atoms with Gasteiger partial charge in [0.15, 0.2) is 0 Å². The van der Waals surface area contributed by atoms with Crippen LogP contribution in [0.4, 0.5) is 4.39 Å². The lowest BCUT2D eigenvalue weighted by Gasteiger charge is -2.22. The monoisotopic (exact) mass is 358 g/mol. The second kappa shape index (κ2) is 7.12. The van der Waals surface area contributed by atoms with Crippen LogP contribution in [-0.2, 0) is 0 Å². The fraction of sp³-hybridized carbons (Fsp3) is 0.0833. The van der Waals surface area contributed by atoms with Crippen molar-refractivity contribution in [1.29, 1.82) is 0 Å². The van der Waals surface area contributed by atoms with Crippen LogP contribution in [0.1, 0.15) is 22.6 Å². The number of fused-ring (bicyclic) bond motifs is 1. The van der Waals surface area contributed by atoms with Crippen LogP contribution < -0.4 is 4.74 Å². The van der Waals surface area contributed by atoms with E-state index in [-0.39, 0.29) is 17.5 Å². The topological polar surface area (TPSA) is 29.5 Å². The first-order chi connectivity index (χ1) is 13.2. The zero-order chi connectivity index (χ0) is 18.8. The first-order valence-electron chi connectivity index (χ1n) is 8.77. The predicted octanol–water partition coefficient (Wildman–Crippen LogP) is 5.87. The van der Waals surface area contributed by atoms with Gasteiger partial charge in [0.25, 0.3) is 0 Å². The lowest BCUT2D eigenvalue weighted by Crippen LogP contribution is -2.05. The van der Waals surface area contributed by atoms with E-state index in [1.807, 2.05) is 54.6 Å². The molecule has 4 aromatic carbocycles. The van der Waals surface area contributed by atoms with Gasteiger partial charge in [0, 0.05) is 11.5 Å². The van der Waals surface area contributed by atoms with Crippen LogP contribution in [0.25, 0.3) is 10.8 Å². The van der Waals surface area contributed by atoms with E-state index in [1.54, 1.807) is 25.3 Å². The largest absolute Gasteiger partial charge is 0.508 e. The summed E-state index contributed by atoms with van der Waals surface area (Å²) in [5.74, 6) is 0.467. The van der Waals surface area contributed by atoms with Gasteiger partial charge in [-0.1, -0.05) is 54.6 Å². The van der Waals surface area contributed by atoms with E-state index in [1.165, 1.54) is 12.1 Å². The van der Waals surface area contributed by atoms with Crippen LogP contribution in [0.5, 0.6) is 11.5 Å². The average Bonchev–Trinajstić information content (AvgIpc) is 2.71. The molecule has 0 aromatic heterocycles. The fourth-order valence-corrected chi connectivity index (χ4v) is 3.56. The van der Waals surface area contributed by atoms with Gasteiger partial charge in [0.1, 0.15) is 17.3 Å². The molecule has 4 aromatic rings. The second-order valence-corrected chi connectivity index (χ2v) is 6.48. The third-order valence-electron chi connectivity index (χ3n) is 4.89. The molecular weight excluding hydrogens is 339 g/mol. The molecule has 0 saturated carbocycles. The normalized spacial score (nSPS) is 12.1. The molecule has 134 valence electrons. The van der Waals surface area contributed by atoms with Gasteiger partial charge in [-0.2, -0.15) is 0 Å². The Morgan fingerprint density at radius 3 is 2.07 bits per heavy atom. The Morgan fingerprint density at radius 1 is 0.778 bits per heavy atom. The summed E-state index contributed by atoms with van der Waals surface area (Å²) in [5.41, 5.74) is 2.71. The summed E-state index contributed by atoms with van der Waals surface area (Å²) < 4.78 is 18.8. The Balaban J connectivity index is 1.98. The molecule has 3 heteroatoms. The number of benzene rings is 4. The van der Waals surface area contributed by atoms with E-state index in [0.717, 1.165) is 33.2 Å². The first-order valence-corrected chi connectivity index (χ1v) is 8.77. The number of hydrogen-bond donors (Lipinski definition) is 1. The quantitative estimate of drug-likeness (QED) is 0.462. The summed E-state index contributed by atoms with van der Waals surface area (Å²) in [7, 11) is 1.63. The third kappa shape index (κ3) is 3.24. The first kappa shape index (κ1) is 17.1. The van der Waals surface area contributed by atoms with Crippen LogP contribution in [0.2, 0.25) is 0 Å². The summed E-state index contributed by atoms with van der Waals surface area (Å²) in [6.45, 7) is 0. The number of aromatic hydroxyl groups is 1. The number of halogens is 1. The Kier molecular flexibility index (Phi) is 4.51. The molecule has 0 fully saturated rings. The maximum Gasteiger partial charge on any atom is 0.123 e. The van der Waals surface area contributed by atoms with Crippen molar-refractivity contribution in [2.24, 2.45) is 0 Å². The molecule has 27 heavy (non-hydrogen) atoms. The number of ether oxygens (including phenoxy) is 1. The number of rotatable bonds is 4. The van der Waals surface area contributed by atoms with E-state index in [4.69, 9.17) is 4.74 Å². The minimum atomic E-state index is -0.283. The smallest absolute Gasteiger partial charge is 0.123 e. The van der Waals surface area contributed by atoms with E-state index < -0.39 is 0 Å². The number of hydrogen-bond acceptors (Lipinski definition) is 2. The second-order valence-electron chi connectivity index (χ2n) is 6.48. The van der Waals surface area contributed by atoms with Crippen LogP contribution in [0.15, 0.2) is 84.9 Å². The van der Waals surface area contributed by atoms with Gasteiger partial charge in [-0.15, -0.1) is 0 Å². The molecule has 0 radical (unpaired) electrons. The summed E-state index contributed by atoms with van der Waals surface area (Å²) in [4.78, 5) is 0. The van der Waals surface area contributed by atoms with Crippen molar-refractivity contribution >= 4 is 10.8 Å². The zero-order valence-corrected chi connectivity index (χ0v) is 14.9. The van der Waals surface area contributed by atoms with E-state index in [2.05, 4.69) is 0 Å². The highest BCUT2D eigenvalue weighted by Gasteiger charge is 2.22. The molecule has 1 unspecified atom stereocenters. The highest BCUT2D eigenvalue weighted by atomic mass is 19.1. The van der Waals surface area contributed by atoms with Crippen molar-refractivity contribution in [2.75, 3.05) is 7.11 Å². The molecule has 0 heterocycles. The van der Waals surface area contributed by atoms with Gasteiger partial charge >= 0.3 is 0 Å². The number of methoxy groups -OCH3 is 1. The van der Waals surface area contributed by atoms with E-state index in [9.17, 15) is 9.50 Å². The van der Waals surface area contributed by atoms with Gasteiger partial charge in [-0.05, 0) is 52.2 Å². The number of phenolic OH excluding ortho intramolecular Hbond substituents is 1. The fourth-order valence-electron chi connectivity index (χ4n) is 3.56. The third-order valence-corrected chi connectivity index (χ3v) is 4.89. The van der Waals surface area contributed by atoms with Crippen LogP contribution in [0, 0.1) is 5.82 Å². The Morgan fingerprint density at radius 2 is 1.41 bits per heavy atom. The van der Waals surface area contributed by atoms with Crippen molar-refractivity contribution in [1.82, 2.24) is 0 Å². The molecular formula is C24H19FO2. The molecule has 1 N–H and O–H groups in total. The molecule has 0 aliphatic rings. The van der Waals surface area contributed by atoms with Crippen LogP contribution in [0.3, 0.4) is 0 Å². The van der Waals surface area contributed by atoms with Crippen LogP contribution in [-0.4, -0.2) is 12.2 Å². The molecule has 0 aliphatic carbocycles. The molecule has 0 aliphatic heterocycles. The number of phenols is 1. The Hall–Kier alpha value is -3.33. The van der Waals surface area contributed by atoms with Crippen molar-refractivity contribution in [3.8, 4) is 11.5 Å². The lowest BCUT2D eigenvalue weighted by molar-refractivity contribution is 0.414. The van der Waals surface area contributed by atoms with E-state index >= 15 is 0 Å². The maximum absolute atomic E-state index is 13.5. The summed E-state index contributed by atoms with van der Waals surface area (Å²) in [6, 6.07) is 25.8. The minimum absolute atomic E-state index is 0.221. The zero-order valence-electron chi connectivity index (χ0n) is 14.9. The molecule has 1 atom stereocenters. The molecule has 0 amide bonds. The van der Waals surface area contributed by atoms with Gasteiger partial charge in [0.2, 0.25) is 0 Å². The van der Waals surface area contributed by atoms with E-state index in [0.29, 0.717) is 0 Å². The van der Waals surface area contributed by atoms with Gasteiger partial charge < -0.3 is 9.84 Å². The molecule has 2 nitrogen and oxygen atoms in total. The highest BCUT2D eigenvalue weighted by Crippen LogP contribution is 2.41. The molecule has 4 rings (SSSR count). The van der Waals surface area contributed by atoms with Crippen molar-refractivity contribution < 1.29 is 14.2 Å². The average molecular weight is 358 g/mol. The molecule has 0 bridgehead atoms. The Labute approximate surface area is 157 Å². The molecule has 0 saturated heterocycles. The van der Waals surface area contributed by atoms with Crippen LogP contribution >= 0.6 is 0 Å². The standard InChI is InChI=1S/C24H19FO2/c1-27-20-13-8-18(9-14-20)23(17-6-11-19(25)12-7-17)24-21-5-3-2-4-16(21)10-15-22(24)26/h2-15,23,26H,1H3. The van der Waals surface area contributed by atoms with Crippen molar-refractivity contribution in [3.05, 3.63) is 107 Å². The lowest BCUT2D eigenvalue weighted by atomic mass is 9.82. The minimum Gasteiger partial charge on any atom is -0.508 e. The highest BCUT2D eigenvalue weighted by molar-refractivity contribution is 5.89. The Bertz CT molecular complexity index is 1070. The summed E-state index contributed by atoms with van der Waals surface area (Å²) in [5, 5.41) is 12.8. The SMILES string of the molecule is COc1ccc(C(c2ccc(F)cc2)c2c(O)ccc3ccccc23)cc1. The predicted molar refractivity (Wildman–Crippen MR) is 106 cm³/mol. The maximum atomic E-state index is 13.5. The molecule has 0 spiro atoms. The van der Waals surface area contributed by atoms with Gasteiger partial charge in [0.05, 0.1) is 7.11 Å². The van der Waals surface area contributed by atoms with Crippen molar-refractivity contribution in [2.45, 2.75) is 5.92 Å².